The van der Waals surface area contributed by atoms with Crippen LogP contribution in [-0.2, 0) is 4.74 Å². The van der Waals surface area contributed by atoms with E-state index in [0.29, 0.717) is 29.0 Å². The molecule has 5 nitrogen and oxygen atoms in total. The first-order valence-corrected chi connectivity index (χ1v) is 7.11. The van der Waals surface area contributed by atoms with E-state index in [1.54, 1.807) is 12.3 Å². The van der Waals surface area contributed by atoms with Crippen LogP contribution in [0.15, 0.2) is 12.3 Å². The number of pyridine rings is 1. The van der Waals surface area contributed by atoms with Crippen LogP contribution in [0.3, 0.4) is 0 Å². The molecule has 1 saturated carbocycles. The quantitative estimate of drug-likeness (QED) is 0.831. The molecule has 5 heteroatoms. The number of rotatable bonds is 3. The first-order chi connectivity index (χ1) is 9.51. The lowest BCUT2D eigenvalue weighted by Crippen LogP contribution is -2.31. The van der Waals surface area contributed by atoms with Crippen molar-refractivity contribution in [2.45, 2.75) is 39.2 Å². The van der Waals surface area contributed by atoms with Crippen molar-refractivity contribution in [1.29, 1.82) is 0 Å². The Morgan fingerprint density at radius 1 is 1.40 bits per heavy atom. The molecule has 110 valence electrons. The van der Waals surface area contributed by atoms with Gasteiger partial charge in [0.1, 0.15) is 11.4 Å². The van der Waals surface area contributed by atoms with Gasteiger partial charge in [-0.3, -0.25) is 0 Å². The maximum atomic E-state index is 11.8. The van der Waals surface area contributed by atoms with Crippen molar-refractivity contribution in [3.05, 3.63) is 17.8 Å². The number of nitrogens with zero attached hydrogens (tertiary/aromatic N) is 1. The maximum absolute atomic E-state index is 11.8. The Morgan fingerprint density at radius 3 is 2.80 bits per heavy atom. The molecule has 1 aliphatic carbocycles. The molecule has 1 fully saturated rings. The zero-order valence-corrected chi connectivity index (χ0v) is 12.3. The van der Waals surface area contributed by atoms with Crippen molar-refractivity contribution in [1.82, 2.24) is 4.98 Å². The van der Waals surface area contributed by atoms with Crippen LogP contribution in [0.1, 0.15) is 43.5 Å². The lowest BCUT2D eigenvalue weighted by molar-refractivity contribution is 0.0601. The lowest BCUT2D eigenvalue weighted by Gasteiger charge is -2.33. The summed E-state index contributed by atoms with van der Waals surface area (Å²) >= 11 is 0. The van der Waals surface area contributed by atoms with Crippen molar-refractivity contribution in [3.8, 4) is 0 Å². The summed E-state index contributed by atoms with van der Waals surface area (Å²) < 4.78 is 4.78. The van der Waals surface area contributed by atoms with Gasteiger partial charge in [-0.1, -0.05) is 13.8 Å². The Balaban J connectivity index is 2.15. The van der Waals surface area contributed by atoms with Gasteiger partial charge in [-0.2, -0.15) is 0 Å². The normalized spacial score (nSPS) is 26.1. The summed E-state index contributed by atoms with van der Waals surface area (Å²) in [5.41, 5.74) is 6.56. The number of hydrogen-bond acceptors (Lipinski definition) is 5. The summed E-state index contributed by atoms with van der Waals surface area (Å²) in [6.45, 7) is 4.57. The zero-order valence-electron chi connectivity index (χ0n) is 12.3. The number of nitrogens with two attached hydrogens (primary N) is 1. The maximum Gasteiger partial charge on any atom is 0.341 e. The summed E-state index contributed by atoms with van der Waals surface area (Å²) in [6.07, 6.45) is 4.94. The number of nitrogen functional groups attached to an aromatic ring is 1. The Hall–Kier alpha value is -1.78. The predicted molar refractivity (Wildman–Crippen MR) is 79.6 cm³/mol. The van der Waals surface area contributed by atoms with Gasteiger partial charge in [-0.05, 0) is 37.2 Å². The predicted octanol–water partition coefficient (Wildman–Crippen LogP) is 2.69. The van der Waals surface area contributed by atoms with Crippen molar-refractivity contribution in [2.75, 3.05) is 18.2 Å². The van der Waals surface area contributed by atoms with E-state index in [1.165, 1.54) is 13.5 Å². The van der Waals surface area contributed by atoms with Crippen LogP contribution < -0.4 is 11.1 Å². The molecule has 0 spiro atoms. The molecule has 1 heterocycles. The number of aromatic nitrogens is 1. The highest BCUT2D eigenvalue weighted by atomic mass is 16.5. The number of anilines is 2. The third-order valence-corrected chi connectivity index (χ3v) is 4.25. The van der Waals surface area contributed by atoms with Gasteiger partial charge >= 0.3 is 5.97 Å². The van der Waals surface area contributed by atoms with Gasteiger partial charge in [0.15, 0.2) is 0 Å². The molecule has 20 heavy (non-hydrogen) atoms. The molecular formula is C15H23N3O2. The lowest BCUT2D eigenvalue weighted by atomic mass is 9.79. The molecule has 1 aromatic rings. The molecule has 1 aliphatic rings. The molecule has 0 radical (unpaired) electrons. The summed E-state index contributed by atoms with van der Waals surface area (Å²) in [4.78, 5) is 16.0. The molecule has 1 aromatic heterocycles. The van der Waals surface area contributed by atoms with E-state index in [2.05, 4.69) is 24.1 Å². The van der Waals surface area contributed by atoms with Crippen molar-refractivity contribution >= 4 is 17.5 Å². The zero-order chi connectivity index (χ0) is 14.7. The number of methoxy groups -OCH3 is 1. The Bertz CT molecular complexity index is 490. The number of esters is 1. The Labute approximate surface area is 119 Å². The number of carbonyl (C=O) groups excluding carboxylic acids is 1. The average molecular weight is 277 g/mol. The van der Waals surface area contributed by atoms with Crippen molar-refractivity contribution in [2.24, 2.45) is 11.8 Å². The first-order valence-electron chi connectivity index (χ1n) is 7.11. The van der Waals surface area contributed by atoms with E-state index in [-0.39, 0.29) is 0 Å². The van der Waals surface area contributed by atoms with Crippen molar-refractivity contribution in [3.63, 3.8) is 0 Å². The van der Waals surface area contributed by atoms with Crippen molar-refractivity contribution < 1.29 is 9.53 Å². The van der Waals surface area contributed by atoms with Gasteiger partial charge < -0.3 is 15.8 Å². The summed E-state index contributed by atoms with van der Waals surface area (Å²) in [5.74, 6) is 1.59. The second kappa shape index (κ2) is 6.11. The van der Waals surface area contributed by atoms with E-state index in [9.17, 15) is 4.79 Å². The molecule has 2 rings (SSSR count). The van der Waals surface area contributed by atoms with E-state index < -0.39 is 5.97 Å². The Morgan fingerprint density at radius 2 is 2.15 bits per heavy atom. The van der Waals surface area contributed by atoms with Gasteiger partial charge in [-0.25, -0.2) is 9.78 Å². The number of ether oxygens (including phenoxy) is 1. The largest absolute Gasteiger partial charge is 0.465 e. The number of nitrogens with one attached hydrogen (secondary N) is 1. The molecule has 3 atom stereocenters. The molecule has 3 unspecified atom stereocenters. The van der Waals surface area contributed by atoms with Crippen LogP contribution in [0.2, 0.25) is 0 Å². The average Bonchev–Trinajstić information content (AvgIpc) is 2.44. The van der Waals surface area contributed by atoms with Crippen LogP contribution >= 0.6 is 0 Å². The van der Waals surface area contributed by atoms with Crippen LogP contribution in [-0.4, -0.2) is 24.1 Å². The molecule has 0 amide bonds. The van der Waals surface area contributed by atoms with Gasteiger partial charge in [0.2, 0.25) is 0 Å². The first kappa shape index (κ1) is 14.6. The second-order valence-electron chi connectivity index (χ2n) is 5.77. The van der Waals surface area contributed by atoms with Crippen LogP contribution in [0, 0.1) is 11.8 Å². The fourth-order valence-corrected chi connectivity index (χ4v) is 2.73. The van der Waals surface area contributed by atoms with Gasteiger partial charge in [0.25, 0.3) is 0 Å². The molecule has 0 aliphatic heterocycles. The third kappa shape index (κ3) is 3.21. The van der Waals surface area contributed by atoms with Crippen LogP contribution in [0.5, 0.6) is 0 Å². The smallest absolute Gasteiger partial charge is 0.341 e. The van der Waals surface area contributed by atoms with E-state index in [0.717, 1.165) is 18.8 Å². The molecule has 0 aromatic carbocycles. The topological polar surface area (TPSA) is 77.2 Å². The minimum Gasteiger partial charge on any atom is -0.465 e. The third-order valence-electron chi connectivity index (χ3n) is 4.25. The minimum atomic E-state index is -0.412. The van der Waals surface area contributed by atoms with Crippen LogP contribution in [0.25, 0.3) is 0 Å². The number of hydrogen-bond donors (Lipinski definition) is 2. The van der Waals surface area contributed by atoms with Gasteiger partial charge in [0, 0.05) is 6.04 Å². The summed E-state index contributed by atoms with van der Waals surface area (Å²) in [6, 6.07) is 1.96. The monoisotopic (exact) mass is 277 g/mol. The molecule has 0 bridgehead atoms. The molecular weight excluding hydrogens is 254 g/mol. The molecule has 0 saturated heterocycles. The minimum absolute atomic E-state index is 0.348. The second-order valence-corrected chi connectivity index (χ2v) is 5.77. The van der Waals surface area contributed by atoms with Crippen LogP contribution in [0.4, 0.5) is 11.5 Å². The SMILES string of the molecule is COC(=O)c1cc(N)cnc1NC1CCC(C)C(C)C1. The van der Waals surface area contributed by atoms with E-state index in [1.807, 2.05) is 0 Å². The summed E-state index contributed by atoms with van der Waals surface area (Å²) in [7, 11) is 1.36. The number of carbonyl (C=O) groups is 1. The highest BCUT2D eigenvalue weighted by Crippen LogP contribution is 2.31. The standard InChI is InChI=1S/C15H23N3O2/c1-9-4-5-12(6-10(9)2)18-14-13(15(19)20-3)7-11(16)8-17-14/h7-10,12H,4-6,16H2,1-3H3,(H,17,18). The summed E-state index contributed by atoms with van der Waals surface area (Å²) in [5, 5.41) is 3.38. The highest BCUT2D eigenvalue weighted by Gasteiger charge is 2.26. The van der Waals surface area contributed by atoms with Gasteiger partial charge in [-0.15, -0.1) is 0 Å². The highest BCUT2D eigenvalue weighted by molar-refractivity contribution is 5.95. The fourth-order valence-electron chi connectivity index (χ4n) is 2.73. The van der Waals surface area contributed by atoms with Gasteiger partial charge in [0.05, 0.1) is 19.0 Å². The Kier molecular flexibility index (Phi) is 4.47. The molecule has 3 N–H and O–H groups in total. The van der Waals surface area contributed by atoms with E-state index in [4.69, 9.17) is 10.5 Å². The van der Waals surface area contributed by atoms with E-state index >= 15 is 0 Å². The fraction of sp³-hybridized carbons (Fsp3) is 0.600.